The molecule has 0 saturated carbocycles. The molecular weight excluding hydrogens is 455 g/mol. The first-order chi connectivity index (χ1) is 17.1. The molecule has 3 aromatic rings. The van der Waals surface area contributed by atoms with Gasteiger partial charge in [0.15, 0.2) is 6.61 Å². The Morgan fingerprint density at radius 1 is 0.944 bits per heavy atom. The number of carbonyl (C=O) groups is 2. The van der Waals surface area contributed by atoms with Gasteiger partial charge in [-0.2, -0.15) is 0 Å². The Morgan fingerprint density at radius 3 is 2.25 bits per heavy atom. The molecule has 36 heavy (non-hydrogen) atoms. The summed E-state index contributed by atoms with van der Waals surface area (Å²) in [5, 5.41) is 2.96. The fraction of sp³-hybridized carbons (Fsp3) is 0.333. The summed E-state index contributed by atoms with van der Waals surface area (Å²) in [4.78, 5) is 28.5. The van der Waals surface area contributed by atoms with Crippen LogP contribution in [0.2, 0.25) is 0 Å². The lowest BCUT2D eigenvalue weighted by atomic mass is 10.0. The van der Waals surface area contributed by atoms with E-state index in [2.05, 4.69) is 11.4 Å². The number of hydrogen-bond donors (Lipinski definition) is 1. The van der Waals surface area contributed by atoms with Crippen LogP contribution in [0.1, 0.15) is 41.7 Å². The van der Waals surface area contributed by atoms with Crippen molar-refractivity contribution in [2.45, 2.75) is 59.7 Å². The van der Waals surface area contributed by atoms with Crippen LogP contribution in [0.4, 0.5) is 4.39 Å². The van der Waals surface area contributed by atoms with E-state index >= 15 is 0 Å². The molecule has 3 rings (SSSR count). The highest BCUT2D eigenvalue weighted by Gasteiger charge is 2.31. The molecule has 6 heteroatoms. The molecule has 0 aliphatic rings. The van der Waals surface area contributed by atoms with Gasteiger partial charge < -0.3 is 15.0 Å². The first-order valence-electron chi connectivity index (χ1n) is 12.2. The lowest BCUT2D eigenvalue weighted by molar-refractivity contribution is -0.143. The van der Waals surface area contributed by atoms with Crippen LogP contribution in [0.5, 0.6) is 5.75 Å². The largest absolute Gasteiger partial charge is 0.483 e. The van der Waals surface area contributed by atoms with Crippen LogP contribution in [0, 0.1) is 26.6 Å². The summed E-state index contributed by atoms with van der Waals surface area (Å²) in [5.41, 5.74) is 4.75. The second-order valence-electron chi connectivity index (χ2n) is 9.51. The highest BCUT2D eigenvalue weighted by Crippen LogP contribution is 2.24. The predicted octanol–water partition coefficient (Wildman–Crippen LogP) is 5.29. The van der Waals surface area contributed by atoms with Gasteiger partial charge in [0.2, 0.25) is 5.91 Å². The number of carbonyl (C=O) groups excluding carboxylic acids is 2. The second-order valence-corrected chi connectivity index (χ2v) is 9.51. The number of nitrogens with one attached hydrogen (secondary N) is 1. The Morgan fingerprint density at radius 2 is 1.61 bits per heavy atom. The predicted molar refractivity (Wildman–Crippen MR) is 140 cm³/mol. The smallest absolute Gasteiger partial charge is 0.261 e. The number of rotatable bonds is 10. The van der Waals surface area contributed by atoms with Crippen LogP contribution in [0.15, 0.2) is 66.7 Å². The number of aryl methyl sites for hydroxylation is 2. The third kappa shape index (κ3) is 7.41. The molecule has 1 atom stereocenters. The van der Waals surface area contributed by atoms with Gasteiger partial charge in [-0.3, -0.25) is 9.59 Å². The first-order valence-corrected chi connectivity index (χ1v) is 12.2. The molecule has 5 nitrogen and oxygen atoms in total. The monoisotopic (exact) mass is 490 g/mol. The Labute approximate surface area is 213 Å². The molecule has 0 aliphatic heterocycles. The minimum atomic E-state index is -0.767. The maximum atomic E-state index is 13.6. The molecule has 0 unspecified atom stereocenters. The van der Waals surface area contributed by atoms with Crippen molar-refractivity contribution in [2.75, 3.05) is 6.61 Å². The Balaban J connectivity index is 1.93. The van der Waals surface area contributed by atoms with E-state index in [1.165, 1.54) is 17.0 Å². The van der Waals surface area contributed by atoms with Crippen molar-refractivity contribution < 1.29 is 18.7 Å². The molecule has 0 heterocycles. The van der Waals surface area contributed by atoms with Crippen LogP contribution in [-0.4, -0.2) is 35.4 Å². The molecular formula is C30H35FN2O3. The maximum Gasteiger partial charge on any atom is 0.261 e. The maximum absolute atomic E-state index is 13.6. The second kappa shape index (κ2) is 12.3. The zero-order valence-electron chi connectivity index (χ0n) is 21.7. The molecule has 0 saturated heterocycles. The number of hydrogen-bond acceptors (Lipinski definition) is 3. The molecule has 3 aromatic carbocycles. The molecule has 0 radical (unpaired) electrons. The fourth-order valence-electron chi connectivity index (χ4n) is 4.09. The van der Waals surface area contributed by atoms with Crippen molar-refractivity contribution in [3.8, 4) is 5.75 Å². The molecule has 0 spiro atoms. The Hall–Kier alpha value is -3.67. The van der Waals surface area contributed by atoms with E-state index in [0.717, 1.165) is 27.8 Å². The van der Waals surface area contributed by atoms with Gasteiger partial charge in [-0.25, -0.2) is 4.39 Å². The fourth-order valence-corrected chi connectivity index (χ4v) is 4.09. The summed E-state index contributed by atoms with van der Waals surface area (Å²) in [6.45, 7) is 9.64. The number of ether oxygens (including phenoxy) is 1. The van der Waals surface area contributed by atoms with E-state index in [1.54, 1.807) is 12.1 Å². The molecule has 0 bridgehead atoms. The summed E-state index contributed by atoms with van der Waals surface area (Å²) >= 11 is 0. The zero-order valence-corrected chi connectivity index (χ0v) is 21.7. The van der Waals surface area contributed by atoms with Crippen molar-refractivity contribution in [3.05, 3.63) is 100 Å². The Kier molecular flexibility index (Phi) is 9.23. The number of benzene rings is 3. The molecule has 0 aliphatic carbocycles. The average Bonchev–Trinajstić information content (AvgIpc) is 2.83. The van der Waals surface area contributed by atoms with Crippen LogP contribution in [-0.2, 0) is 22.6 Å². The van der Waals surface area contributed by atoms with Gasteiger partial charge >= 0.3 is 0 Å². The van der Waals surface area contributed by atoms with Gasteiger partial charge in [0.1, 0.15) is 17.6 Å². The topological polar surface area (TPSA) is 58.6 Å². The van der Waals surface area contributed by atoms with Crippen molar-refractivity contribution >= 4 is 11.8 Å². The SMILES string of the molecule is Cc1cc(C)c(C)c(OCC(=O)N(Cc2ccc(F)cc2)[C@H](Cc2ccccc2)C(=O)NC(C)C)c1. The quantitative estimate of drug-likeness (QED) is 0.420. The summed E-state index contributed by atoms with van der Waals surface area (Å²) in [7, 11) is 0. The summed E-state index contributed by atoms with van der Waals surface area (Å²) in [6.07, 6.45) is 0.342. The van der Waals surface area contributed by atoms with Gasteiger partial charge in [0.25, 0.3) is 5.91 Å². The molecule has 0 fully saturated rings. The van der Waals surface area contributed by atoms with E-state index in [0.29, 0.717) is 12.2 Å². The van der Waals surface area contributed by atoms with E-state index in [1.807, 2.05) is 71.0 Å². The van der Waals surface area contributed by atoms with Gasteiger partial charge in [-0.1, -0.05) is 48.5 Å². The normalized spacial score (nSPS) is 11.8. The molecule has 1 N–H and O–H groups in total. The van der Waals surface area contributed by atoms with E-state index in [4.69, 9.17) is 4.74 Å². The molecule has 2 amide bonds. The third-order valence-electron chi connectivity index (χ3n) is 6.08. The first kappa shape index (κ1) is 26.9. The molecule has 0 aromatic heterocycles. The third-order valence-corrected chi connectivity index (χ3v) is 6.08. The van der Waals surface area contributed by atoms with Gasteiger partial charge in [-0.05, 0) is 80.6 Å². The Bertz CT molecular complexity index is 1180. The molecule has 190 valence electrons. The van der Waals surface area contributed by atoms with Crippen LogP contribution < -0.4 is 10.1 Å². The van der Waals surface area contributed by atoms with E-state index in [9.17, 15) is 14.0 Å². The van der Waals surface area contributed by atoms with Crippen molar-refractivity contribution in [2.24, 2.45) is 0 Å². The zero-order chi connectivity index (χ0) is 26.2. The highest BCUT2D eigenvalue weighted by atomic mass is 19.1. The summed E-state index contributed by atoms with van der Waals surface area (Å²) in [5.74, 6) is -0.276. The standard InChI is InChI=1S/C30H35FN2O3/c1-20(2)32-30(35)27(17-24-9-7-6-8-10-24)33(18-25-11-13-26(31)14-12-25)29(34)19-36-28-16-21(3)15-22(4)23(28)5/h6-16,20,27H,17-19H2,1-5H3,(H,32,35)/t27-/m1/s1. The van der Waals surface area contributed by atoms with Crippen LogP contribution >= 0.6 is 0 Å². The van der Waals surface area contributed by atoms with Gasteiger partial charge in [0, 0.05) is 19.0 Å². The lowest BCUT2D eigenvalue weighted by Crippen LogP contribution is -2.52. The highest BCUT2D eigenvalue weighted by molar-refractivity contribution is 5.88. The lowest BCUT2D eigenvalue weighted by Gasteiger charge is -2.32. The number of halogens is 1. The van der Waals surface area contributed by atoms with E-state index < -0.39 is 6.04 Å². The van der Waals surface area contributed by atoms with Gasteiger partial charge in [0.05, 0.1) is 0 Å². The summed E-state index contributed by atoms with van der Waals surface area (Å²) < 4.78 is 19.5. The van der Waals surface area contributed by atoms with Crippen LogP contribution in [0.3, 0.4) is 0 Å². The van der Waals surface area contributed by atoms with Crippen LogP contribution in [0.25, 0.3) is 0 Å². The minimum Gasteiger partial charge on any atom is -0.483 e. The van der Waals surface area contributed by atoms with Crippen molar-refractivity contribution in [1.82, 2.24) is 10.2 Å². The van der Waals surface area contributed by atoms with E-state index in [-0.39, 0.29) is 36.8 Å². The van der Waals surface area contributed by atoms with Crippen molar-refractivity contribution in [1.29, 1.82) is 0 Å². The number of amides is 2. The minimum absolute atomic E-state index is 0.0901. The van der Waals surface area contributed by atoms with Crippen molar-refractivity contribution in [3.63, 3.8) is 0 Å². The van der Waals surface area contributed by atoms with Gasteiger partial charge in [-0.15, -0.1) is 0 Å². The number of nitrogens with zero attached hydrogens (tertiary/aromatic N) is 1. The average molecular weight is 491 g/mol. The summed E-state index contributed by atoms with van der Waals surface area (Å²) in [6, 6.07) is 18.7.